The lowest BCUT2D eigenvalue weighted by Gasteiger charge is -2.23. The van der Waals surface area contributed by atoms with E-state index in [1.165, 1.54) is 6.07 Å². The summed E-state index contributed by atoms with van der Waals surface area (Å²) in [5.41, 5.74) is 0.147. The van der Waals surface area contributed by atoms with E-state index in [2.05, 4.69) is 5.32 Å². The summed E-state index contributed by atoms with van der Waals surface area (Å²) in [4.78, 5) is -0.0973. The van der Waals surface area contributed by atoms with Crippen LogP contribution in [0, 0.1) is 0 Å². The van der Waals surface area contributed by atoms with Gasteiger partial charge in [-0.15, -0.1) is 0 Å². The quantitative estimate of drug-likeness (QED) is 0.762. The van der Waals surface area contributed by atoms with E-state index in [1.807, 2.05) is 20.8 Å². The van der Waals surface area contributed by atoms with E-state index in [0.717, 1.165) is 0 Å². The van der Waals surface area contributed by atoms with Gasteiger partial charge in [-0.25, -0.2) is 0 Å². The fourth-order valence-corrected chi connectivity index (χ4v) is 1.85. The zero-order chi connectivity index (χ0) is 11.7. The average Bonchev–Trinajstić information content (AvgIpc) is 1.99. The van der Waals surface area contributed by atoms with Crippen molar-refractivity contribution in [1.29, 1.82) is 0 Å². The molecule has 5 heteroatoms. The molecule has 84 valence electrons. The lowest BCUT2D eigenvalue weighted by atomic mass is 10.1. The Morgan fingerprint density at radius 2 is 1.73 bits per heavy atom. The van der Waals surface area contributed by atoms with Crippen LogP contribution in [-0.4, -0.2) is 18.5 Å². The summed E-state index contributed by atoms with van der Waals surface area (Å²) in [6, 6.07) is 6.26. The van der Waals surface area contributed by atoms with E-state index in [9.17, 15) is 8.42 Å². The first-order valence-corrected chi connectivity index (χ1v) is 5.99. The highest BCUT2D eigenvalue weighted by atomic mass is 32.2. The SMILES string of the molecule is CC(C)(C)Nc1ccccc1S(=O)(=O)O. The third-order valence-electron chi connectivity index (χ3n) is 1.67. The smallest absolute Gasteiger partial charge is 0.296 e. The molecule has 0 aromatic heterocycles. The number of hydrogen-bond donors (Lipinski definition) is 2. The third kappa shape index (κ3) is 3.53. The van der Waals surface area contributed by atoms with E-state index in [4.69, 9.17) is 4.55 Å². The van der Waals surface area contributed by atoms with Gasteiger partial charge in [0.1, 0.15) is 4.90 Å². The molecule has 0 amide bonds. The molecule has 0 aliphatic carbocycles. The van der Waals surface area contributed by atoms with Gasteiger partial charge in [-0.05, 0) is 32.9 Å². The molecule has 0 saturated carbocycles. The Balaban J connectivity index is 3.20. The molecule has 0 spiro atoms. The maximum Gasteiger partial charge on any atom is 0.296 e. The molecule has 4 nitrogen and oxygen atoms in total. The Bertz CT molecular complexity index is 446. The van der Waals surface area contributed by atoms with Gasteiger partial charge in [0.15, 0.2) is 0 Å². The van der Waals surface area contributed by atoms with E-state index < -0.39 is 10.1 Å². The highest BCUT2D eigenvalue weighted by Crippen LogP contribution is 2.23. The lowest BCUT2D eigenvalue weighted by molar-refractivity contribution is 0.483. The van der Waals surface area contributed by atoms with Crippen molar-refractivity contribution >= 4 is 15.8 Å². The zero-order valence-electron chi connectivity index (χ0n) is 8.98. The van der Waals surface area contributed by atoms with Crippen molar-refractivity contribution in [2.24, 2.45) is 0 Å². The number of benzene rings is 1. The molecule has 0 saturated heterocycles. The molecule has 1 rings (SSSR count). The highest BCUT2D eigenvalue weighted by molar-refractivity contribution is 7.86. The van der Waals surface area contributed by atoms with Crippen LogP contribution in [-0.2, 0) is 10.1 Å². The molecule has 0 fully saturated rings. The van der Waals surface area contributed by atoms with Crippen molar-refractivity contribution in [2.45, 2.75) is 31.2 Å². The van der Waals surface area contributed by atoms with Crippen molar-refractivity contribution in [1.82, 2.24) is 0 Å². The average molecular weight is 229 g/mol. The van der Waals surface area contributed by atoms with Crippen LogP contribution in [0.3, 0.4) is 0 Å². The molecule has 0 aliphatic heterocycles. The first kappa shape index (κ1) is 12.0. The van der Waals surface area contributed by atoms with Gasteiger partial charge in [0, 0.05) is 5.54 Å². The Kier molecular flexibility index (Phi) is 3.06. The van der Waals surface area contributed by atoms with Gasteiger partial charge >= 0.3 is 0 Å². The van der Waals surface area contributed by atoms with Crippen LogP contribution in [0.4, 0.5) is 5.69 Å². The normalized spacial score (nSPS) is 12.5. The van der Waals surface area contributed by atoms with Crippen LogP contribution in [0.2, 0.25) is 0 Å². The summed E-state index contributed by atoms with van der Waals surface area (Å²) >= 11 is 0. The second-order valence-corrected chi connectivity index (χ2v) is 5.74. The Labute approximate surface area is 90.1 Å². The van der Waals surface area contributed by atoms with Crippen LogP contribution in [0.15, 0.2) is 29.2 Å². The highest BCUT2D eigenvalue weighted by Gasteiger charge is 2.18. The number of hydrogen-bond acceptors (Lipinski definition) is 3. The van der Waals surface area contributed by atoms with Gasteiger partial charge in [-0.2, -0.15) is 8.42 Å². The summed E-state index contributed by atoms with van der Waals surface area (Å²) in [5.74, 6) is 0. The number of rotatable bonds is 2. The first-order chi connectivity index (χ1) is 6.70. The standard InChI is InChI=1S/C10H15NO3S/c1-10(2,3)11-8-6-4-5-7-9(8)15(12,13)14/h4-7,11H,1-3H3,(H,12,13,14). The van der Waals surface area contributed by atoms with Crippen molar-refractivity contribution in [3.63, 3.8) is 0 Å². The molecule has 0 radical (unpaired) electrons. The van der Waals surface area contributed by atoms with Crippen LogP contribution in [0.25, 0.3) is 0 Å². The van der Waals surface area contributed by atoms with Gasteiger partial charge in [0.2, 0.25) is 0 Å². The fraction of sp³-hybridized carbons (Fsp3) is 0.400. The van der Waals surface area contributed by atoms with Gasteiger partial charge in [-0.1, -0.05) is 12.1 Å². The molecule has 0 unspecified atom stereocenters. The van der Waals surface area contributed by atoms with Gasteiger partial charge in [0.25, 0.3) is 10.1 Å². The maximum absolute atomic E-state index is 11.1. The van der Waals surface area contributed by atoms with Crippen molar-refractivity contribution in [3.8, 4) is 0 Å². The second kappa shape index (κ2) is 3.83. The lowest BCUT2D eigenvalue weighted by Crippen LogP contribution is -2.27. The molecular weight excluding hydrogens is 214 g/mol. The summed E-state index contributed by atoms with van der Waals surface area (Å²) < 4.78 is 31.1. The predicted molar refractivity (Wildman–Crippen MR) is 59.6 cm³/mol. The predicted octanol–water partition coefficient (Wildman–Crippen LogP) is 2.14. The minimum atomic E-state index is -4.17. The topological polar surface area (TPSA) is 66.4 Å². The number of anilines is 1. The molecule has 0 heterocycles. The number of nitrogens with one attached hydrogen (secondary N) is 1. The van der Waals surface area contributed by atoms with Crippen molar-refractivity contribution in [2.75, 3.05) is 5.32 Å². The maximum atomic E-state index is 11.1. The summed E-state index contributed by atoms with van der Waals surface area (Å²) in [5, 5.41) is 3.02. The van der Waals surface area contributed by atoms with Crippen molar-refractivity contribution in [3.05, 3.63) is 24.3 Å². The Hall–Kier alpha value is -1.07. The van der Waals surface area contributed by atoms with Gasteiger partial charge in [0.05, 0.1) is 5.69 Å². The van der Waals surface area contributed by atoms with E-state index in [0.29, 0.717) is 5.69 Å². The van der Waals surface area contributed by atoms with Crippen molar-refractivity contribution < 1.29 is 13.0 Å². The number of para-hydroxylation sites is 1. The van der Waals surface area contributed by atoms with E-state index in [-0.39, 0.29) is 10.4 Å². The van der Waals surface area contributed by atoms with Crippen LogP contribution >= 0.6 is 0 Å². The van der Waals surface area contributed by atoms with Crippen LogP contribution in [0.5, 0.6) is 0 Å². The van der Waals surface area contributed by atoms with Crippen LogP contribution < -0.4 is 5.32 Å². The molecule has 0 aliphatic rings. The van der Waals surface area contributed by atoms with Gasteiger partial charge < -0.3 is 5.32 Å². The largest absolute Gasteiger partial charge is 0.379 e. The van der Waals surface area contributed by atoms with Gasteiger partial charge in [-0.3, -0.25) is 4.55 Å². The molecule has 15 heavy (non-hydrogen) atoms. The fourth-order valence-electron chi connectivity index (χ4n) is 1.20. The molecular formula is C10H15NO3S. The Morgan fingerprint density at radius 1 is 1.20 bits per heavy atom. The third-order valence-corrected chi connectivity index (χ3v) is 2.59. The molecule has 0 atom stereocenters. The molecule has 1 aromatic carbocycles. The van der Waals surface area contributed by atoms with E-state index in [1.54, 1.807) is 18.2 Å². The van der Waals surface area contributed by atoms with Crippen LogP contribution in [0.1, 0.15) is 20.8 Å². The zero-order valence-corrected chi connectivity index (χ0v) is 9.80. The molecule has 0 bridgehead atoms. The summed E-state index contributed by atoms with van der Waals surface area (Å²) in [7, 11) is -4.17. The van der Waals surface area contributed by atoms with E-state index >= 15 is 0 Å². The Morgan fingerprint density at radius 3 is 2.20 bits per heavy atom. The minimum Gasteiger partial charge on any atom is -0.379 e. The molecule has 1 aromatic rings. The first-order valence-electron chi connectivity index (χ1n) is 4.55. The monoisotopic (exact) mass is 229 g/mol. The molecule has 2 N–H and O–H groups in total. The minimum absolute atomic E-state index is 0.0973. The summed E-state index contributed by atoms with van der Waals surface area (Å²) in [6.07, 6.45) is 0. The second-order valence-electron chi connectivity index (χ2n) is 4.35. The summed E-state index contributed by atoms with van der Waals surface area (Å²) in [6.45, 7) is 5.73.